The number of hydrogen-bond acceptors (Lipinski definition) is 2. The van der Waals surface area contributed by atoms with Crippen molar-refractivity contribution in [3.8, 4) is 6.07 Å². The number of nitriles is 1. The molecule has 0 fully saturated rings. The van der Waals surface area contributed by atoms with Crippen LogP contribution in [0.4, 0.5) is 0 Å². The lowest BCUT2D eigenvalue weighted by molar-refractivity contribution is 0.808. The Bertz CT molecular complexity index is 424. The third kappa shape index (κ3) is 1.85. The summed E-state index contributed by atoms with van der Waals surface area (Å²) in [5.41, 5.74) is 1.71. The second kappa shape index (κ2) is 4.10. The Hall–Kier alpha value is -1.56. The monoisotopic (exact) mass is 190 g/mol. The molecule has 0 atom stereocenters. The van der Waals surface area contributed by atoms with Gasteiger partial charge in [-0.15, -0.1) is 0 Å². The molecule has 1 aromatic heterocycles. The Balaban J connectivity index is 3.41. The summed E-state index contributed by atoms with van der Waals surface area (Å²) in [6, 6.07) is 3.84. The van der Waals surface area contributed by atoms with E-state index in [0.29, 0.717) is 6.42 Å². The molecule has 0 aliphatic carbocycles. The molecule has 0 unspecified atom stereocenters. The van der Waals surface area contributed by atoms with Gasteiger partial charge in [0.15, 0.2) is 0 Å². The first-order valence-electron chi connectivity index (χ1n) is 4.76. The van der Waals surface area contributed by atoms with Crippen molar-refractivity contribution in [2.75, 3.05) is 0 Å². The van der Waals surface area contributed by atoms with E-state index in [2.05, 4.69) is 4.98 Å². The molecule has 1 aromatic rings. The predicted molar refractivity (Wildman–Crippen MR) is 55.2 cm³/mol. The first kappa shape index (κ1) is 10.5. The lowest BCUT2D eigenvalue weighted by Crippen LogP contribution is -2.16. The highest BCUT2D eigenvalue weighted by atomic mass is 16.1. The summed E-state index contributed by atoms with van der Waals surface area (Å²) >= 11 is 0. The number of aromatic amines is 1. The Kier molecular flexibility index (Phi) is 3.08. The summed E-state index contributed by atoms with van der Waals surface area (Å²) in [5.74, 6) is 0.278. The van der Waals surface area contributed by atoms with Crippen LogP contribution in [0.5, 0.6) is 0 Å². The van der Waals surface area contributed by atoms with Crippen LogP contribution in [0.2, 0.25) is 0 Å². The maximum Gasteiger partial charge on any atom is 0.266 e. The summed E-state index contributed by atoms with van der Waals surface area (Å²) in [6.07, 6.45) is 0.715. The van der Waals surface area contributed by atoms with Crippen LogP contribution < -0.4 is 5.56 Å². The molecule has 0 radical (unpaired) electrons. The van der Waals surface area contributed by atoms with E-state index >= 15 is 0 Å². The molecule has 74 valence electrons. The van der Waals surface area contributed by atoms with E-state index in [1.807, 2.05) is 32.9 Å². The van der Waals surface area contributed by atoms with E-state index in [9.17, 15) is 4.79 Å². The quantitative estimate of drug-likeness (QED) is 0.774. The second-order valence-electron chi connectivity index (χ2n) is 3.57. The molecule has 0 amide bonds. The van der Waals surface area contributed by atoms with Crippen LogP contribution in [0.1, 0.15) is 43.5 Å². The van der Waals surface area contributed by atoms with Gasteiger partial charge in [0.1, 0.15) is 11.6 Å². The molecular weight excluding hydrogens is 176 g/mol. The topological polar surface area (TPSA) is 56.6 Å². The smallest absolute Gasteiger partial charge is 0.266 e. The highest BCUT2D eigenvalue weighted by molar-refractivity contribution is 5.37. The zero-order chi connectivity index (χ0) is 10.7. The zero-order valence-electron chi connectivity index (χ0n) is 8.72. The first-order valence-corrected chi connectivity index (χ1v) is 4.76. The number of nitrogens with zero attached hydrogens (tertiary/aromatic N) is 1. The molecular formula is C11H14N2O. The standard InChI is InChI=1S/C11H14N2O/c1-4-8-5-10(7(2)3)13-11(14)9(8)6-12/h5,7H,4H2,1-3H3,(H,13,14). The van der Waals surface area contributed by atoms with Crippen LogP contribution in [0.15, 0.2) is 10.9 Å². The number of pyridine rings is 1. The minimum Gasteiger partial charge on any atom is -0.325 e. The van der Waals surface area contributed by atoms with E-state index in [0.717, 1.165) is 11.3 Å². The van der Waals surface area contributed by atoms with Crippen LogP contribution in [0, 0.1) is 11.3 Å². The van der Waals surface area contributed by atoms with Gasteiger partial charge in [0, 0.05) is 5.69 Å². The molecule has 0 bridgehead atoms. The minimum atomic E-state index is -0.268. The number of hydrogen-bond donors (Lipinski definition) is 1. The molecule has 1 rings (SSSR count). The molecule has 0 saturated carbocycles. The van der Waals surface area contributed by atoms with Gasteiger partial charge in [0.2, 0.25) is 0 Å². The van der Waals surface area contributed by atoms with Gasteiger partial charge in [0.25, 0.3) is 5.56 Å². The summed E-state index contributed by atoms with van der Waals surface area (Å²) in [4.78, 5) is 14.2. The number of H-pyrrole nitrogens is 1. The average Bonchev–Trinajstić information content (AvgIpc) is 2.16. The van der Waals surface area contributed by atoms with Crippen molar-refractivity contribution in [1.29, 1.82) is 5.26 Å². The molecule has 3 heteroatoms. The molecule has 14 heavy (non-hydrogen) atoms. The van der Waals surface area contributed by atoms with Gasteiger partial charge < -0.3 is 4.98 Å². The summed E-state index contributed by atoms with van der Waals surface area (Å²) in [5, 5.41) is 8.79. The lowest BCUT2D eigenvalue weighted by atomic mass is 10.0. The number of aromatic nitrogens is 1. The number of nitrogens with one attached hydrogen (secondary N) is 1. The van der Waals surface area contributed by atoms with Crippen molar-refractivity contribution < 1.29 is 0 Å². The van der Waals surface area contributed by atoms with Crippen LogP contribution >= 0.6 is 0 Å². The number of rotatable bonds is 2. The number of aryl methyl sites for hydroxylation is 1. The fourth-order valence-electron chi connectivity index (χ4n) is 1.35. The van der Waals surface area contributed by atoms with Crippen LogP contribution in [-0.2, 0) is 6.42 Å². The predicted octanol–water partition coefficient (Wildman–Crippen LogP) is 1.93. The third-order valence-corrected chi connectivity index (χ3v) is 2.25. The van der Waals surface area contributed by atoms with E-state index in [4.69, 9.17) is 5.26 Å². The summed E-state index contributed by atoms with van der Waals surface area (Å²) in [6.45, 7) is 5.97. The van der Waals surface area contributed by atoms with Gasteiger partial charge >= 0.3 is 0 Å². The Morgan fingerprint density at radius 1 is 1.57 bits per heavy atom. The Morgan fingerprint density at radius 3 is 2.64 bits per heavy atom. The Labute approximate surface area is 83.4 Å². The van der Waals surface area contributed by atoms with Crippen molar-refractivity contribution in [1.82, 2.24) is 4.98 Å². The lowest BCUT2D eigenvalue weighted by Gasteiger charge is -2.07. The maximum absolute atomic E-state index is 11.5. The highest BCUT2D eigenvalue weighted by Crippen LogP contribution is 2.13. The second-order valence-corrected chi connectivity index (χ2v) is 3.57. The molecule has 0 aliphatic rings. The van der Waals surface area contributed by atoms with Gasteiger partial charge in [-0.1, -0.05) is 20.8 Å². The first-order chi connectivity index (χ1) is 6.60. The minimum absolute atomic E-state index is 0.247. The van der Waals surface area contributed by atoms with Gasteiger partial charge in [-0.05, 0) is 24.0 Å². The van der Waals surface area contributed by atoms with Crippen LogP contribution in [0.25, 0.3) is 0 Å². The highest BCUT2D eigenvalue weighted by Gasteiger charge is 2.09. The summed E-state index contributed by atoms with van der Waals surface area (Å²) in [7, 11) is 0. The molecule has 0 spiro atoms. The van der Waals surface area contributed by atoms with E-state index in [1.54, 1.807) is 0 Å². The molecule has 0 saturated heterocycles. The van der Waals surface area contributed by atoms with Crippen molar-refractivity contribution in [3.63, 3.8) is 0 Å². The fraction of sp³-hybridized carbons (Fsp3) is 0.455. The van der Waals surface area contributed by atoms with Crippen molar-refractivity contribution >= 4 is 0 Å². The SMILES string of the molecule is CCc1cc(C(C)C)[nH]c(=O)c1C#N. The van der Waals surface area contributed by atoms with Crippen molar-refractivity contribution in [2.24, 2.45) is 0 Å². The van der Waals surface area contributed by atoms with Gasteiger partial charge in [-0.2, -0.15) is 5.26 Å². The average molecular weight is 190 g/mol. The normalized spacial score (nSPS) is 10.2. The molecule has 1 N–H and O–H groups in total. The summed E-state index contributed by atoms with van der Waals surface area (Å²) < 4.78 is 0. The molecule has 0 aromatic carbocycles. The van der Waals surface area contributed by atoms with E-state index in [-0.39, 0.29) is 17.0 Å². The van der Waals surface area contributed by atoms with E-state index in [1.165, 1.54) is 0 Å². The Morgan fingerprint density at radius 2 is 2.21 bits per heavy atom. The van der Waals surface area contributed by atoms with Crippen LogP contribution in [-0.4, -0.2) is 4.98 Å². The van der Waals surface area contributed by atoms with Crippen LogP contribution in [0.3, 0.4) is 0 Å². The molecule has 1 heterocycles. The molecule has 0 aliphatic heterocycles. The fourth-order valence-corrected chi connectivity index (χ4v) is 1.35. The van der Waals surface area contributed by atoms with Crippen molar-refractivity contribution in [2.45, 2.75) is 33.1 Å². The largest absolute Gasteiger partial charge is 0.325 e. The van der Waals surface area contributed by atoms with E-state index < -0.39 is 0 Å². The third-order valence-electron chi connectivity index (χ3n) is 2.25. The van der Waals surface area contributed by atoms with Gasteiger partial charge in [0.05, 0.1) is 0 Å². The maximum atomic E-state index is 11.5. The van der Waals surface area contributed by atoms with Gasteiger partial charge in [-0.3, -0.25) is 4.79 Å². The zero-order valence-corrected chi connectivity index (χ0v) is 8.72. The van der Waals surface area contributed by atoms with Gasteiger partial charge in [-0.25, -0.2) is 0 Å². The van der Waals surface area contributed by atoms with Crippen molar-refractivity contribution in [3.05, 3.63) is 33.2 Å². The molecule has 3 nitrogen and oxygen atoms in total.